The van der Waals surface area contributed by atoms with Gasteiger partial charge in [-0.1, -0.05) is 23.2 Å². The lowest BCUT2D eigenvalue weighted by Gasteiger charge is -2.07. The Morgan fingerprint density at radius 2 is 1.83 bits per heavy atom. The molecule has 0 spiro atoms. The van der Waals surface area contributed by atoms with Gasteiger partial charge in [-0.05, 0) is 24.3 Å². The van der Waals surface area contributed by atoms with Gasteiger partial charge < -0.3 is 11.1 Å². The minimum absolute atomic E-state index is 0.0874. The summed E-state index contributed by atoms with van der Waals surface area (Å²) in [7, 11) is 0. The van der Waals surface area contributed by atoms with E-state index < -0.39 is 5.95 Å². The molecule has 0 amide bonds. The number of hydrogen-bond acceptors (Lipinski definition) is 5. The molecule has 0 saturated carbocycles. The fraction of sp³-hybridized carbons (Fsp3) is 0.0625. The minimum Gasteiger partial charge on any atom is -0.398 e. The van der Waals surface area contributed by atoms with Crippen molar-refractivity contribution in [2.24, 2.45) is 0 Å². The van der Waals surface area contributed by atoms with E-state index in [0.717, 1.165) is 11.1 Å². The predicted octanol–water partition coefficient (Wildman–Crippen LogP) is 4.18. The number of halogens is 3. The third-order valence-electron chi connectivity index (χ3n) is 3.22. The third kappa shape index (κ3) is 3.90. The zero-order valence-corrected chi connectivity index (χ0v) is 13.8. The fourth-order valence-corrected chi connectivity index (χ4v) is 2.36. The Bertz CT molecular complexity index is 851. The van der Waals surface area contributed by atoms with Gasteiger partial charge in [-0.25, -0.2) is 15.0 Å². The Kier molecular flexibility index (Phi) is 4.78. The summed E-state index contributed by atoms with van der Waals surface area (Å²) in [5, 5.41) is 3.61. The molecule has 0 bridgehead atoms. The van der Waals surface area contributed by atoms with E-state index in [2.05, 4.69) is 20.3 Å². The van der Waals surface area contributed by atoms with Crippen LogP contribution in [0.1, 0.15) is 5.56 Å². The number of rotatable bonds is 4. The monoisotopic (exact) mass is 363 g/mol. The lowest BCUT2D eigenvalue weighted by molar-refractivity contribution is 0.584. The largest absolute Gasteiger partial charge is 0.398 e. The van der Waals surface area contributed by atoms with Crippen molar-refractivity contribution in [2.45, 2.75) is 6.54 Å². The van der Waals surface area contributed by atoms with E-state index in [1.165, 1.54) is 12.1 Å². The maximum atomic E-state index is 13.2. The van der Waals surface area contributed by atoms with E-state index in [4.69, 9.17) is 28.9 Å². The van der Waals surface area contributed by atoms with Crippen LogP contribution in [0.3, 0.4) is 0 Å². The quantitative estimate of drug-likeness (QED) is 0.537. The molecule has 2 aromatic heterocycles. The van der Waals surface area contributed by atoms with Crippen molar-refractivity contribution in [3.05, 3.63) is 64.4 Å². The van der Waals surface area contributed by atoms with Gasteiger partial charge in [0.1, 0.15) is 5.15 Å². The molecule has 0 unspecified atom stereocenters. The molecule has 3 aromatic rings. The number of aromatic nitrogens is 3. The zero-order chi connectivity index (χ0) is 17.1. The fourth-order valence-electron chi connectivity index (χ4n) is 2.05. The van der Waals surface area contributed by atoms with Crippen molar-refractivity contribution in [2.75, 3.05) is 11.1 Å². The van der Waals surface area contributed by atoms with Crippen molar-refractivity contribution < 1.29 is 4.39 Å². The molecule has 0 saturated heterocycles. The molecule has 2 heterocycles. The lowest BCUT2D eigenvalue weighted by Crippen LogP contribution is -2.02. The molecule has 8 heteroatoms. The molecule has 0 atom stereocenters. The molecular formula is C16H12Cl2FN5. The molecule has 0 aliphatic rings. The molecule has 3 N–H and O–H groups in total. The molecule has 0 radical (unpaired) electrons. The first-order valence-corrected chi connectivity index (χ1v) is 7.70. The van der Waals surface area contributed by atoms with Crippen LogP contribution in [-0.2, 0) is 6.54 Å². The molecule has 3 rings (SSSR count). The zero-order valence-electron chi connectivity index (χ0n) is 12.3. The number of benzene rings is 1. The second-order valence-corrected chi connectivity index (χ2v) is 5.80. The van der Waals surface area contributed by atoms with Gasteiger partial charge in [-0.15, -0.1) is 0 Å². The lowest BCUT2D eigenvalue weighted by atomic mass is 10.2. The van der Waals surface area contributed by atoms with Crippen LogP contribution >= 0.6 is 23.2 Å². The van der Waals surface area contributed by atoms with Crippen LogP contribution in [0, 0.1) is 5.95 Å². The first kappa shape index (κ1) is 16.4. The smallest absolute Gasteiger partial charge is 0.216 e. The Labute approximate surface area is 147 Å². The summed E-state index contributed by atoms with van der Waals surface area (Å²) in [6, 6.07) is 8.02. The van der Waals surface area contributed by atoms with Crippen molar-refractivity contribution in [1.29, 1.82) is 0 Å². The topological polar surface area (TPSA) is 76.7 Å². The average molecular weight is 364 g/mol. The van der Waals surface area contributed by atoms with E-state index >= 15 is 0 Å². The number of pyridine rings is 1. The first-order valence-electron chi connectivity index (χ1n) is 6.94. The first-order chi connectivity index (χ1) is 11.5. The summed E-state index contributed by atoms with van der Waals surface area (Å²) in [6.45, 7) is 0.419. The molecule has 0 aliphatic heterocycles. The number of anilines is 2. The van der Waals surface area contributed by atoms with Crippen molar-refractivity contribution in [3.8, 4) is 11.4 Å². The Morgan fingerprint density at radius 1 is 1.08 bits per heavy atom. The normalized spacial score (nSPS) is 10.6. The van der Waals surface area contributed by atoms with Gasteiger partial charge in [0.15, 0.2) is 5.82 Å². The van der Waals surface area contributed by atoms with Crippen LogP contribution in [0.4, 0.5) is 15.8 Å². The highest BCUT2D eigenvalue weighted by Crippen LogP contribution is 2.24. The van der Waals surface area contributed by atoms with Crippen LogP contribution in [0.2, 0.25) is 10.2 Å². The van der Waals surface area contributed by atoms with E-state index in [0.29, 0.717) is 28.8 Å². The minimum atomic E-state index is -0.642. The molecule has 0 fully saturated rings. The molecule has 0 aliphatic carbocycles. The summed E-state index contributed by atoms with van der Waals surface area (Å²) in [6.07, 6.45) is 3.36. The van der Waals surface area contributed by atoms with Crippen LogP contribution < -0.4 is 11.1 Å². The standard InChI is InChI=1S/C16H12Cl2FN5/c17-12-2-1-10(3-13(12)20)16-22-7-9(8-23-16)6-21-11-4-14(18)24-15(19)5-11/h1-5,7-8H,6,20H2,(H,21,24). The summed E-state index contributed by atoms with van der Waals surface area (Å²) in [5.41, 5.74) is 8.39. The van der Waals surface area contributed by atoms with E-state index in [-0.39, 0.29) is 5.15 Å². The Morgan fingerprint density at radius 3 is 2.50 bits per heavy atom. The summed E-state index contributed by atoms with van der Waals surface area (Å²) in [4.78, 5) is 12.1. The van der Waals surface area contributed by atoms with Gasteiger partial charge in [-0.3, -0.25) is 0 Å². The maximum Gasteiger partial charge on any atom is 0.216 e. The predicted molar refractivity (Wildman–Crippen MR) is 93.4 cm³/mol. The highest BCUT2D eigenvalue weighted by Gasteiger charge is 2.05. The van der Waals surface area contributed by atoms with E-state index in [9.17, 15) is 4.39 Å². The second-order valence-electron chi connectivity index (χ2n) is 5.01. The van der Waals surface area contributed by atoms with Gasteiger partial charge in [0.05, 0.1) is 10.7 Å². The van der Waals surface area contributed by atoms with Crippen LogP contribution in [-0.4, -0.2) is 15.0 Å². The average Bonchev–Trinajstić information content (AvgIpc) is 2.55. The Balaban J connectivity index is 1.71. The molecular weight excluding hydrogens is 352 g/mol. The second kappa shape index (κ2) is 6.98. The highest BCUT2D eigenvalue weighted by molar-refractivity contribution is 6.33. The molecule has 122 valence electrons. The van der Waals surface area contributed by atoms with E-state index in [1.807, 2.05) is 0 Å². The number of nitrogens with one attached hydrogen (secondary N) is 1. The Hall–Kier alpha value is -2.44. The molecule has 5 nitrogen and oxygen atoms in total. The van der Waals surface area contributed by atoms with E-state index in [1.54, 1.807) is 30.6 Å². The SMILES string of the molecule is Nc1cc(-c2ncc(CNc3cc(F)nc(Cl)c3)cn2)ccc1Cl. The van der Waals surface area contributed by atoms with Gasteiger partial charge in [-0.2, -0.15) is 4.39 Å². The number of nitrogens with zero attached hydrogens (tertiary/aromatic N) is 3. The summed E-state index contributed by atoms with van der Waals surface area (Å²) in [5.74, 6) is -0.1000. The van der Waals surface area contributed by atoms with Gasteiger partial charge in [0.2, 0.25) is 5.95 Å². The van der Waals surface area contributed by atoms with Crippen molar-refractivity contribution >= 4 is 34.6 Å². The van der Waals surface area contributed by atoms with Crippen LogP contribution in [0.25, 0.3) is 11.4 Å². The van der Waals surface area contributed by atoms with Gasteiger partial charge in [0.25, 0.3) is 0 Å². The van der Waals surface area contributed by atoms with Crippen molar-refractivity contribution in [3.63, 3.8) is 0 Å². The molecule has 24 heavy (non-hydrogen) atoms. The van der Waals surface area contributed by atoms with Gasteiger partial charge >= 0.3 is 0 Å². The molecule has 1 aromatic carbocycles. The van der Waals surface area contributed by atoms with Crippen molar-refractivity contribution in [1.82, 2.24) is 15.0 Å². The number of hydrogen-bond donors (Lipinski definition) is 2. The maximum absolute atomic E-state index is 13.2. The number of nitrogens with two attached hydrogens (primary N) is 1. The third-order valence-corrected chi connectivity index (χ3v) is 3.76. The van der Waals surface area contributed by atoms with Gasteiger partial charge in [0, 0.05) is 41.8 Å². The summed E-state index contributed by atoms with van der Waals surface area (Å²) < 4.78 is 13.2. The van der Waals surface area contributed by atoms with Crippen LogP contribution in [0.15, 0.2) is 42.7 Å². The highest BCUT2D eigenvalue weighted by atomic mass is 35.5. The summed E-state index contributed by atoms with van der Waals surface area (Å²) >= 11 is 11.6. The van der Waals surface area contributed by atoms with Crippen LogP contribution in [0.5, 0.6) is 0 Å². The number of nitrogen functional groups attached to an aromatic ring is 1.